The molecule has 27 heavy (non-hydrogen) atoms. The number of rotatable bonds is 5. The number of likely N-dealkylation sites (N-methyl/N-ethyl adjacent to an activating group) is 1. The summed E-state index contributed by atoms with van der Waals surface area (Å²) in [6, 6.07) is 5.65. The maximum Gasteiger partial charge on any atom is 0.271 e. The molecule has 1 amide bonds. The minimum Gasteiger partial charge on any atom is -0.369 e. The molecule has 3 rings (SSSR count). The lowest BCUT2D eigenvalue weighted by atomic mass is 10.2. The molecule has 1 aromatic heterocycles. The van der Waals surface area contributed by atoms with Crippen molar-refractivity contribution < 1.29 is 4.79 Å². The fourth-order valence-corrected chi connectivity index (χ4v) is 3.45. The molecule has 1 saturated heterocycles. The Morgan fingerprint density at radius 3 is 2.52 bits per heavy atom. The molecule has 9 heteroatoms. The van der Waals surface area contributed by atoms with Crippen molar-refractivity contribution in [2.45, 2.75) is 13.3 Å². The van der Waals surface area contributed by atoms with E-state index in [0.717, 1.165) is 31.9 Å². The summed E-state index contributed by atoms with van der Waals surface area (Å²) in [5.74, 6) is -0.450. The van der Waals surface area contributed by atoms with Crippen LogP contribution in [0.25, 0.3) is 0 Å². The van der Waals surface area contributed by atoms with Crippen LogP contribution >= 0.6 is 23.2 Å². The molecule has 1 aliphatic heterocycles. The van der Waals surface area contributed by atoms with E-state index in [0.29, 0.717) is 22.8 Å². The summed E-state index contributed by atoms with van der Waals surface area (Å²) in [5, 5.41) is 3.92. The topological polar surface area (TPSA) is 87.4 Å². The molecule has 144 valence electrons. The van der Waals surface area contributed by atoms with E-state index in [9.17, 15) is 4.79 Å². The Balaban J connectivity index is 1.92. The first kappa shape index (κ1) is 19.7. The van der Waals surface area contributed by atoms with Gasteiger partial charge in [-0.2, -0.15) is 0 Å². The summed E-state index contributed by atoms with van der Waals surface area (Å²) < 4.78 is 0. The molecule has 1 aromatic carbocycles. The zero-order valence-electron chi connectivity index (χ0n) is 15.3. The van der Waals surface area contributed by atoms with E-state index < -0.39 is 5.91 Å². The highest BCUT2D eigenvalue weighted by atomic mass is 35.5. The summed E-state index contributed by atoms with van der Waals surface area (Å²) in [6.45, 7) is 5.69. The van der Waals surface area contributed by atoms with E-state index >= 15 is 0 Å². The Bertz CT molecular complexity index is 852. The third kappa shape index (κ3) is 4.61. The van der Waals surface area contributed by atoms with Crippen LogP contribution in [-0.4, -0.2) is 54.0 Å². The first-order chi connectivity index (χ1) is 12.9. The Morgan fingerprint density at radius 1 is 1.19 bits per heavy atom. The summed E-state index contributed by atoms with van der Waals surface area (Å²) >= 11 is 12.5. The number of benzene rings is 1. The SMILES string of the molecule is CCc1nc(C(N)=O)c(Nc2cc(Cl)cc(N3CCN(C)CC3)c2)nc1Cl. The molecule has 0 spiro atoms. The monoisotopic (exact) mass is 408 g/mol. The van der Waals surface area contributed by atoms with Gasteiger partial charge in [0.05, 0.1) is 5.69 Å². The molecule has 0 aliphatic carbocycles. The number of anilines is 3. The average molecular weight is 409 g/mol. The largest absolute Gasteiger partial charge is 0.369 e. The first-order valence-electron chi connectivity index (χ1n) is 8.74. The van der Waals surface area contributed by atoms with Crippen LogP contribution < -0.4 is 16.0 Å². The Morgan fingerprint density at radius 2 is 1.89 bits per heavy atom. The van der Waals surface area contributed by atoms with Gasteiger partial charge in [-0.15, -0.1) is 0 Å². The third-order valence-electron chi connectivity index (χ3n) is 4.50. The lowest BCUT2D eigenvalue weighted by molar-refractivity contribution is 0.0996. The molecule has 0 atom stereocenters. The van der Waals surface area contributed by atoms with Crippen LogP contribution in [0.4, 0.5) is 17.2 Å². The van der Waals surface area contributed by atoms with Crippen molar-refractivity contribution in [1.82, 2.24) is 14.9 Å². The van der Waals surface area contributed by atoms with Crippen LogP contribution in [0.3, 0.4) is 0 Å². The van der Waals surface area contributed by atoms with Crippen molar-refractivity contribution in [2.24, 2.45) is 5.73 Å². The van der Waals surface area contributed by atoms with Crippen molar-refractivity contribution in [3.8, 4) is 0 Å². The molecule has 2 heterocycles. The van der Waals surface area contributed by atoms with Crippen molar-refractivity contribution in [3.63, 3.8) is 0 Å². The number of nitrogens with zero attached hydrogens (tertiary/aromatic N) is 4. The lowest BCUT2D eigenvalue weighted by Crippen LogP contribution is -2.44. The number of nitrogens with one attached hydrogen (secondary N) is 1. The van der Waals surface area contributed by atoms with Crippen LogP contribution in [0.2, 0.25) is 10.2 Å². The second-order valence-corrected chi connectivity index (χ2v) is 7.28. The number of carbonyl (C=O) groups excluding carboxylic acids is 1. The van der Waals surface area contributed by atoms with Gasteiger partial charge in [-0.1, -0.05) is 30.1 Å². The maximum absolute atomic E-state index is 11.8. The van der Waals surface area contributed by atoms with Gasteiger partial charge in [0.15, 0.2) is 16.7 Å². The Kier molecular flexibility index (Phi) is 6.04. The van der Waals surface area contributed by atoms with E-state index in [1.807, 2.05) is 19.1 Å². The number of carbonyl (C=O) groups is 1. The second-order valence-electron chi connectivity index (χ2n) is 6.49. The average Bonchev–Trinajstić information content (AvgIpc) is 2.61. The number of nitrogens with two attached hydrogens (primary N) is 1. The molecule has 0 bridgehead atoms. The van der Waals surface area contributed by atoms with Crippen LogP contribution in [0, 0.1) is 0 Å². The first-order valence-corrected chi connectivity index (χ1v) is 9.50. The number of halogens is 2. The van der Waals surface area contributed by atoms with Gasteiger partial charge in [0.2, 0.25) is 0 Å². The highest BCUT2D eigenvalue weighted by Crippen LogP contribution is 2.29. The molecule has 1 fully saturated rings. The van der Waals surface area contributed by atoms with Gasteiger partial charge in [0, 0.05) is 42.6 Å². The Hall–Kier alpha value is -2.09. The smallest absolute Gasteiger partial charge is 0.271 e. The minimum atomic E-state index is -0.669. The van der Waals surface area contributed by atoms with Gasteiger partial charge in [-0.05, 0) is 31.7 Å². The highest BCUT2D eigenvalue weighted by Gasteiger charge is 2.18. The van der Waals surface area contributed by atoms with Crippen molar-refractivity contribution in [2.75, 3.05) is 43.4 Å². The van der Waals surface area contributed by atoms with E-state index in [-0.39, 0.29) is 16.7 Å². The molecule has 0 unspecified atom stereocenters. The normalized spacial score (nSPS) is 15.0. The zero-order chi connectivity index (χ0) is 19.6. The fourth-order valence-electron chi connectivity index (χ4n) is 2.96. The quantitative estimate of drug-likeness (QED) is 0.790. The van der Waals surface area contributed by atoms with Crippen molar-refractivity contribution >= 4 is 46.3 Å². The number of primary amides is 1. The molecule has 0 radical (unpaired) electrons. The van der Waals surface area contributed by atoms with Gasteiger partial charge in [0.25, 0.3) is 5.91 Å². The third-order valence-corrected chi connectivity index (χ3v) is 5.02. The number of piperazine rings is 1. The van der Waals surface area contributed by atoms with Crippen LogP contribution in [-0.2, 0) is 6.42 Å². The summed E-state index contributed by atoms with van der Waals surface area (Å²) in [5.41, 5.74) is 7.74. The van der Waals surface area contributed by atoms with Gasteiger partial charge in [0.1, 0.15) is 0 Å². The van der Waals surface area contributed by atoms with Crippen LogP contribution in [0.1, 0.15) is 23.1 Å². The van der Waals surface area contributed by atoms with Gasteiger partial charge >= 0.3 is 0 Å². The summed E-state index contributed by atoms with van der Waals surface area (Å²) in [4.78, 5) is 24.9. The highest BCUT2D eigenvalue weighted by molar-refractivity contribution is 6.31. The minimum absolute atomic E-state index is 0.0531. The molecule has 7 nitrogen and oxygen atoms in total. The molecular formula is C18H22Cl2N6O. The number of amides is 1. The lowest BCUT2D eigenvalue weighted by Gasteiger charge is -2.34. The van der Waals surface area contributed by atoms with E-state index in [1.54, 1.807) is 6.07 Å². The number of hydrogen-bond acceptors (Lipinski definition) is 6. The Labute approximate surface area is 168 Å². The standard InChI is InChI=1S/C18H22Cl2N6O/c1-3-14-16(20)24-18(15(23-14)17(21)27)22-12-8-11(19)9-13(10-12)26-6-4-25(2)5-7-26/h8-10H,3-7H2,1-2H3,(H2,21,27)(H,22,24). The van der Waals surface area contributed by atoms with E-state index in [2.05, 4.69) is 32.1 Å². The van der Waals surface area contributed by atoms with E-state index in [4.69, 9.17) is 28.9 Å². The van der Waals surface area contributed by atoms with Gasteiger partial charge in [-0.3, -0.25) is 4.79 Å². The summed E-state index contributed by atoms with van der Waals surface area (Å²) in [7, 11) is 2.11. The number of hydrogen-bond donors (Lipinski definition) is 2. The van der Waals surface area contributed by atoms with Crippen LogP contribution in [0.15, 0.2) is 18.2 Å². The van der Waals surface area contributed by atoms with Gasteiger partial charge in [-0.25, -0.2) is 9.97 Å². The van der Waals surface area contributed by atoms with Crippen molar-refractivity contribution in [1.29, 1.82) is 0 Å². The van der Waals surface area contributed by atoms with Gasteiger partial charge < -0.3 is 20.9 Å². The second kappa shape index (κ2) is 8.29. The molecule has 3 N–H and O–H groups in total. The summed E-state index contributed by atoms with van der Waals surface area (Å²) in [6.07, 6.45) is 0.553. The van der Waals surface area contributed by atoms with Crippen molar-refractivity contribution in [3.05, 3.63) is 39.8 Å². The fraction of sp³-hybridized carbons (Fsp3) is 0.389. The zero-order valence-corrected chi connectivity index (χ0v) is 16.8. The maximum atomic E-state index is 11.8. The number of aryl methyl sites for hydroxylation is 1. The van der Waals surface area contributed by atoms with Crippen LogP contribution in [0.5, 0.6) is 0 Å². The molecule has 1 aliphatic rings. The molecule has 2 aromatic rings. The number of aromatic nitrogens is 2. The predicted octanol–water partition coefficient (Wildman–Crippen LogP) is 2.94. The molecular weight excluding hydrogens is 387 g/mol. The molecule has 0 saturated carbocycles. The van der Waals surface area contributed by atoms with E-state index in [1.165, 1.54) is 0 Å². The predicted molar refractivity (Wildman–Crippen MR) is 109 cm³/mol.